The molecule has 1 unspecified atom stereocenters. The number of para-hydroxylation sites is 1. The highest BCUT2D eigenvalue weighted by atomic mass is 35.5. The molecule has 0 saturated heterocycles. The second-order valence-corrected chi connectivity index (χ2v) is 5.73. The van der Waals surface area contributed by atoms with Crippen molar-refractivity contribution in [1.82, 2.24) is 5.32 Å². The summed E-state index contributed by atoms with van der Waals surface area (Å²) < 4.78 is 10.6. The van der Waals surface area contributed by atoms with Crippen molar-refractivity contribution in [2.75, 3.05) is 14.2 Å². The summed E-state index contributed by atoms with van der Waals surface area (Å²) in [7, 11) is 3.11. The van der Waals surface area contributed by atoms with E-state index in [0.29, 0.717) is 17.1 Å². The van der Waals surface area contributed by atoms with E-state index in [4.69, 9.17) is 21.1 Å². The van der Waals surface area contributed by atoms with Gasteiger partial charge in [0.25, 0.3) is 0 Å². The van der Waals surface area contributed by atoms with Crippen LogP contribution in [0, 0.1) is 0 Å². The Morgan fingerprint density at radius 1 is 1.24 bits per heavy atom. The minimum absolute atomic E-state index is 0.171. The Labute approximate surface area is 130 Å². The molecule has 21 heavy (non-hydrogen) atoms. The first kappa shape index (κ1) is 16.0. The van der Waals surface area contributed by atoms with E-state index < -0.39 is 5.38 Å². The lowest BCUT2D eigenvalue weighted by atomic mass is 9.95. The van der Waals surface area contributed by atoms with Gasteiger partial charge in [-0.3, -0.25) is 4.79 Å². The van der Waals surface area contributed by atoms with Crippen molar-refractivity contribution < 1.29 is 14.3 Å². The molecule has 1 fully saturated rings. The van der Waals surface area contributed by atoms with Crippen LogP contribution in [0.15, 0.2) is 18.2 Å². The highest BCUT2D eigenvalue weighted by molar-refractivity contribution is 6.31. The molecule has 1 aliphatic carbocycles. The first-order valence-corrected chi connectivity index (χ1v) is 7.76. The minimum atomic E-state index is -0.781. The molecule has 1 amide bonds. The Balaban J connectivity index is 2.11. The van der Waals surface area contributed by atoms with E-state index in [0.717, 1.165) is 12.8 Å². The van der Waals surface area contributed by atoms with Crippen LogP contribution in [0.3, 0.4) is 0 Å². The summed E-state index contributed by atoms with van der Waals surface area (Å²) in [6, 6.07) is 5.62. The molecule has 0 aliphatic heterocycles. The van der Waals surface area contributed by atoms with Crippen LogP contribution in [0.5, 0.6) is 11.5 Å². The molecule has 1 aromatic carbocycles. The number of carbonyl (C=O) groups excluding carboxylic acids is 1. The monoisotopic (exact) mass is 311 g/mol. The lowest BCUT2D eigenvalue weighted by Crippen LogP contribution is -2.38. The maximum absolute atomic E-state index is 12.3. The molecule has 0 radical (unpaired) electrons. The summed E-state index contributed by atoms with van der Waals surface area (Å²) in [5.74, 6) is 0.917. The number of hydrogen-bond donors (Lipinski definition) is 1. The number of methoxy groups -OCH3 is 2. The van der Waals surface area contributed by atoms with E-state index in [1.54, 1.807) is 32.4 Å². The summed E-state index contributed by atoms with van der Waals surface area (Å²) in [4.78, 5) is 12.3. The van der Waals surface area contributed by atoms with Crippen LogP contribution in [0.2, 0.25) is 0 Å². The third-order valence-electron chi connectivity index (χ3n) is 3.89. The van der Waals surface area contributed by atoms with Gasteiger partial charge in [0.15, 0.2) is 11.5 Å². The summed E-state index contributed by atoms with van der Waals surface area (Å²) >= 11 is 6.34. The molecule has 5 heteroatoms. The van der Waals surface area contributed by atoms with Crippen molar-refractivity contribution in [2.45, 2.75) is 43.5 Å². The zero-order valence-electron chi connectivity index (χ0n) is 12.5. The van der Waals surface area contributed by atoms with Gasteiger partial charge in [0.1, 0.15) is 5.38 Å². The SMILES string of the molecule is COc1cccc(C(Cl)C(=O)NC2CCCCC2)c1OC. The van der Waals surface area contributed by atoms with Gasteiger partial charge in [-0.15, -0.1) is 11.6 Å². The first-order chi connectivity index (χ1) is 10.2. The van der Waals surface area contributed by atoms with Gasteiger partial charge in [-0.05, 0) is 18.9 Å². The molecule has 4 nitrogen and oxygen atoms in total. The molecule has 1 aromatic rings. The quantitative estimate of drug-likeness (QED) is 0.847. The van der Waals surface area contributed by atoms with Crippen LogP contribution in [0.25, 0.3) is 0 Å². The lowest BCUT2D eigenvalue weighted by molar-refractivity contribution is -0.121. The highest BCUT2D eigenvalue weighted by Gasteiger charge is 2.26. The van der Waals surface area contributed by atoms with Crippen molar-refractivity contribution in [3.8, 4) is 11.5 Å². The van der Waals surface area contributed by atoms with Crippen LogP contribution < -0.4 is 14.8 Å². The van der Waals surface area contributed by atoms with Crippen LogP contribution in [0.4, 0.5) is 0 Å². The normalized spacial score (nSPS) is 17.1. The van der Waals surface area contributed by atoms with Gasteiger partial charge in [0.2, 0.25) is 5.91 Å². The van der Waals surface area contributed by atoms with Crippen LogP contribution in [-0.4, -0.2) is 26.2 Å². The molecule has 1 saturated carbocycles. The van der Waals surface area contributed by atoms with Gasteiger partial charge in [-0.1, -0.05) is 31.4 Å². The fraction of sp³-hybridized carbons (Fsp3) is 0.562. The Bertz CT molecular complexity index is 486. The molecule has 0 spiro atoms. The third-order valence-corrected chi connectivity index (χ3v) is 4.32. The summed E-state index contributed by atoms with van der Waals surface area (Å²) in [5.41, 5.74) is 0.631. The van der Waals surface area contributed by atoms with Crippen molar-refractivity contribution in [2.24, 2.45) is 0 Å². The molecular weight excluding hydrogens is 290 g/mol. The molecule has 2 rings (SSSR count). The number of halogens is 1. The minimum Gasteiger partial charge on any atom is -0.493 e. The van der Waals surface area contributed by atoms with Crippen LogP contribution in [-0.2, 0) is 4.79 Å². The highest BCUT2D eigenvalue weighted by Crippen LogP contribution is 2.37. The fourth-order valence-corrected chi connectivity index (χ4v) is 3.01. The Kier molecular flexibility index (Phi) is 5.74. The molecule has 1 atom stereocenters. The first-order valence-electron chi connectivity index (χ1n) is 7.32. The topological polar surface area (TPSA) is 47.6 Å². The number of amides is 1. The molecule has 0 aromatic heterocycles. The number of benzene rings is 1. The standard InChI is InChI=1S/C16H22ClNO3/c1-20-13-10-6-9-12(15(13)21-2)14(17)16(19)18-11-7-4-3-5-8-11/h6,9-11,14H,3-5,7-8H2,1-2H3,(H,18,19). The average Bonchev–Trinajstić information content (AvgIpc) is 2.54. The van der Waals surface area contributed by atoms with E-state index in [1.165, 1.54) is 19.3 Å². The predicted molar refractivity (Wildman–Crippen MR) is 83.2 cm³/mol. The number of rotatable bonds is 5. The number of alkyl halides is 1. The second-order valence-electron chi connectivity index (χ2n) is 5.29. The lowest BCUT2D eigenvalue weighted by Gasteiger charge is -2.24. The van der Waals surface area contributed by atoms with E-state index in [2.05, 4.69) is 5.32 Å². The predicted octanol–water partition coefficient (Wildman–Crippen LogP) is 3.43. The van der Waals surface area contributed by atoms with Gasteiger partial charge in [-0.25, -0.2) is 0 Å². The largest absolute Gasteiger partial charge is 0.493 e. The van der Waals surface area contributed by atoms with Crippen LogP contribution >= 0.6 is 11.6 Å². The third kappa shape index (κ3) is 3.82. The van der Waals surface area contributed by atoms with E-state index in [1.807, 2.05) is 0 Å². The number of nitrogens with one attached hydrogen (secondary N) is 1. The summed E-state index contributed by atoms with van der Waals surface area (Å²) in [6.45, 7) is 0. The Morgan fingerprint density at radius 2 is 1.95 bits per heavy atom. The maximum atomic E-state index is 12.3. The van der Waals surface area contributed by atoms with Gasteiger partial charge in [0.05, 0.1) is 14.2 Å². The molecule has 116 valence electrons. The van der Waals surface area contributed by atoms with Crippen LogP contribution in [0.1, 0.15) is 43.0 Å². The molecular formula is C16H22ClNO3. The zero-order chi connectivity index (χ0) is 15.2. The Hall–Kier alpha value is -1.42. The van der Waals surface area contributed by atoms with Crippen molar-refractivity contribution in [3.63, 3.8) is 0 Å². The second kappa shape index (κ2) is 7.55. The van der Waals surface area contributed by atoms with Gasteiger partial charge >= 0.3 is 0 Å². The molecule has 1 aliphatic rings. The average molecular weight is 312 g/mol. The fourth-order valence-electron chi connectivity index (χ4n) is 2.77. The van der Waals surface area contributed by atoms with Crippen molar-refractivity contribution >= 4 is 17.5 Å². The molecule has 0 bridgehead atoms. The number of ether oxygens (including phenoxy) is 2. The zero-order valence-corrected chi connectivity index (χ0v) is 13.3. The molecule has 1 N–H and O–H groups in total. The maximum Gasteiger partial charge on any atom is 0.242 e. The Morgan fingerprint density at radius 3 is 2.57 bits per heavy atom. The number of hydrogen-bond acceptors (Lipinski definition) is 3. The van der Waals surface area contributed by atoms with Gasteiger partial charge < -0.3 is 14.8 Å². The summed E-state index contributed by atoms with van der Waals surface area (Å²) in [6.07, 6.45) is 5.65. The number of carbonyl (C=O) groups is 1. The smallest absolute Gasteiger partial charge is 0.242 e. The van der Waals surface area contributed by atoms with E-state index in [-0.39, 0.29) is 11.9 Å². The van der Waals surface area contributed by atoms with Gasteiger partial charge in [-0.2, -0.15) is 0 Å². The van der Waals surface area contributed by atoms with E-state index in [9.17, 15) is 4.79 Å². The van der Waals surface area contributed by atoms with Gasteiger partial charge in [0, 0.05) is 11.6 Å². The van der Waals surface area contributed by atoms with Crippen molar-refractivity contribution in [3.05, 3.63) is 23.8 Å². The van der Waals surface area contributed by atoms with Crippen molar-refractivity contribution in [1.29, 1.82) is 0 Å². The summed E-state index contributed by atoms with van der Waals surface area (Å²) in [5, 5.41) is 2.26. The molecule has 0 heterocycles. The van der Waals surface area contributed by atoms with E-state index >= 15 is 0 Å².